The van der Waals surface area contributed by atoms with E-state index in [0.29, 0.717) is 22.2 Å². The number of hydrogen-bond acceptors (Lipinski definition) is 2. The van der Waals surface area contributed by atoms with Crippen LogP contribution in [0.2, 0.25) is 10.0 Å². The van der Waals surface area contributed by atoms with Crippen molar-refractivity contribution in [1.29, 1.82) is 0 Å². The van der Waals surface area contributed by atoms with Crippen LogP contribution in [0.1, 0.15) is 28.4 Å². The molecule has 0 fully saturated rings. The molecule has 0 saturated carbocycles. The Hall–Kier alpha value is -2.04. The van der Waals surface area contributed by atoms with Crippen LogP contribution in [0.4, 0.5) is 0 Å². The number of amides is 2. The minimum absolute atomic E-state index is 0.0807. The minimum Gasteiger partial charge on any atom is -0.343 e. The second-order valence-corrected chi connectivity index (χ2v) is 6.55. The second kappa shape index (κ2) is 8.88. The molecule has 25 heavy (non-hydrogen) atoms. The van der Waals surface area contributed by atoms with Gasteiger partial charge in [-0.25, -0.2) is 0 Å². The Labute approximate surface area is 157 Å². The lowest BCUT2D eigenvalue weighted by Crippen LogP contribution is -2.37. The second-order valence-electron chi connectivity index (χ2n) is 5.73. The SMILES string of the molecule is CCc1ccc(CN(C)C(=O)CNC(=O)c2ccc(Cl)c(Cl)c2)cc1. The number of hydrogen-bond donors (Lipinski definition) is 1. The number of nitrogens with zero attached hydrogens (tertiary/aromatic N) is 1. The summed E-state index contributed by atoms with van der Waals surface area (Å²) in [6.07, 6.45) is 0.982. The monoisotopic (exact) mass is 378 g/mol. The summed E-state index contributed by atoms with van der Waals surface area (Å²) in [6, 6.07) is 12.7. The maximum absolute atomic E-state index is 12.2. The van der Waals surface area contributed by atoms with Gasteiger partial charge in [-0.2, -0.15) is 0 Å². The van der Waals surface area contributed by atoms with Gasteiger partial charge in [-0.15, -0.1) is 0 Å². The van der Waals surface area contributed by atoms with Crippen molar-refractivity contribution < 1.29 is 9.59 Å². The van der Waals surface area contributed by atoms with Crippen LogP contribution >= 0.6 is 23.2 Å². The molecule has 0 aromatic heterocycles. The zero-order valence-corrected chi connectivity index (χ0v) is 15.7. The molecule has 0 spiro atoms. The van der Waals surface area contributed by atoms with Gasteiger partial charge in [0, 0.05) is 19.2 Å². The highest BCUT2D eigenvalue weighted by Gasteiger charge is 2.13. The Morgan fingerprint density at radius 3 is 2.24 bits per heavy atom. The molecule has 0 radical (unpaired) electrons. The third kappa shape index (κ3) is 5.48. The van der Waals surface area contributed by atoms with Crippen LogP contribution in [0.3, 0.4) is 0 Å². The van der Waals surface area contributed by atoms with Crippen molar-refractivity contribution in [2.45, 2.75) is 19.9 Å². The maximum Gasteiger partial charge on any atom is 0.251 e. The molecule has 0 saturated heterocycles. The van der Waals surface area contributed by atoms with E-state index in [2.05, 4.69) is 24.4 Å². The van der Waals surface area contributed by atoms with Gasteiger partial charge in [0.25, 0.3) is 5.91 Å². The highest BCUT2D eigenvalue weighted by Crippen LogP contribution is 2.22. The summed E-state index contributed by atoms with van der Waals surface area (Å²) in [5.41, 5.74) is 2.66. The fourth-order valence-electron chi connectivity index (χ4n) is 2.27. The molecule has 132 valence electrons. The summed E-state index contributed by atoms with van der Waals surface area (Å²) in [6.45, 7) is 2.51. The van der Waals surface area contributed by atoms with Gasteiger partial charge in [0.15, 0.2) is 0 Å². The first-order valence-electron chi connectivity index (χ1n) is 7.95. The smallest absolute Gasteiger partial charge is 0.251 e. The van der Waals surface area contributed by atoms with Crippen LogP contribution in [0, 0.1) is 0 Å². The fourth-order valence-corrected chi connectivity index (χ4v) is 2.57. The van der Waals surface area contributed by atoms with Crippen molar-refractivity contribution in [1.82, 2.24) is 10.2 Å². The average Bonchev–Trinajstić information content (AvgIpc) is 2.62. The highest BCUT2D eigenvalue weighted by atomic mass is 35.5. The van der Waals surface area contributed by atoms with Crippen molar-refractivity contribution in [2.24, 2.45) is 0 Å². The standard InChI is InChI=1S/C19H20Cl2N2O2/c1-3-13-4-6-14(7-5-13)12-23(2)18(24)11-22-19(25)15-8-9-16(20)17(21)10-15/h4-10H,3,11-12H2,1-2H3,(H,22,25). The zero-order valence-electron chi connectivity index (χ0n) is 14.2. The number of nitrogens with one attached hydrogen (secondary N) is 1. The topological polar surface area (TPSA) is 49.4 Å². The molecule has 0 unspecified atom stereocenters. The molecular weight excluding hydrogens is 359 g/mol. The van der Waals surface area contributed by atoms with E-state index < -0.39 is 0 Å². The highest BCUT2D eigenvalue weighted by molar-refractivity contribution is 6.42. The summed E-state index contributed by atoms with van der Waals surface area (Å²) >= 11 is 11.7. The van der Waals surface area contributed by atoms with Gasteiger partial charge in [-0.3, -0.25) is 9.59 Å². The van der Waals surface area contributed by atoms with Crippen LogP contribution in [0.5, 0.6) is 0 Å². The largest absolute Gasteiger partial charge is 0.343 e. The van der Waals surface area contributed by atoms with Gasteiger partial charge in [0.2, 0.25) is 5.91 Å². The normalized spacial score (nSPS) is 10.4. The summed E-state index contributed by atoms with van der Waals surface area (Å²) < 4.78 is 0. The summed E-state index contributed by atoms with van der Waals surface area (Å²) in [7, 11) is 1.71. The minimum atomic E-state index is -0.368. The van der Waals surface area contributed by atoms with E-state index in [1.807, 2.05) is 12.1 Å². The molecule has 6 heteroatoms. The Kier molecular flexibility index (Phi) is 6.85. The van der Waals surface area contributed by atoms with Gasteiger partial charge in [-0.1, -0.05) is 54.4 Å². The van der Waals surface area contributed by atoms with E-state index in [9.17, 15) is 9.59 Å². The molecule has 2 aromatic carbocycles. The number of likely N-dealkylation sites (N-methyl/N-ethyl adjacent to an activating group) is 1. The Morgan fingerprint density at radius 1 is 1.00 bits per heavy atom. The fraction of sp³-hybridized carbons (Fsp3) is 0.263. The summed E-state index contributed by atoms with van der Waals surface area (Å²) in [5, 5.41) is 3.28. The van der Waals surface area contributed by atoms with Gasteiger partial charge < -0.3 is 10.2 Å². The molecule has 2 amide bonds. The van der Waals surface area contributed by atoms with Crippen LogP contribution < -0.4 is 5.32 Å². The van der Waals surface area contributed by atoms with Crippen molar-refractivity contribution in [3.63, 3.8) is 0 Å². The average molecular weight is 379 g/mol. The van der Waals surface area contributed by atoms with Crippen LogP contribution in [-0.2, 0) is 17.8 Å². The van der Waals surface area contributed by atoms with Crippen LogP contribution in [-0.4, -0.2) is 30.3 Å². The Morgan fingerprint density at radius 2 is 1.64 bits per heavy atom. The molecule has 0 heterocycles. The van der Waals surface area contributed by atoms with E-state index in [0.717, 1.165) is 12.0 Å². The lowest BCUT2D eigenvalue weighted by atomic mass is 10.1. The predicted molar refractivity (Wildman–Crippen MR) is 101 cm³/mol. The van der Waals surface area contributed by atoms with Gasteiger partial charge in [0.1, 0.15) is 0 Å². The van der Waals surface area contributed by atoms with E-state index in [4.69, 9.17) is 23.2 Å². The third-order valence-corrected chi connectivity index (χ3v) is 4.60. The van der Waals surface area contributed by atoms with Gasteiger partial charge in [-0.05, 0) is 35.7 Å². The Bertz CT molecular complexity index is 761. The summed E-state index contributed by atoms with van der Waals surface area (Å²) in [4.78, 5) is 25.9. The van der Waals surface area contributed by atoms with Gasteiger partial charge >= 0.3 is 0 Å². The van der Waals surface area contributed by atoms with E-state index in [1.54, 1.807) is 24.1 Å². The number of carbonyl (C=O) groups excluding carboxylic acids is 2. The van der Waals surface area contributed by atoms with E-state index >= 15 is 0 Å². The molecule has 2 rings (SSSR count). The maximum atomic E-state index is 12.2. The first-order chi connectivity index (χ1) is 11.9. The molecule has 0 aliphatic rings. The first-order valence-corrected chi connectivity index (χ1v) is 8.71. The number of halogens is 2. The third-order valence-electron chi connectivity index (χ3n) is 3.86. The van der Waals surface area contributed by atoms with Crippen LogP contribution in [0.25, 0.3) is 0 Å². The molecule has 1 N–H and O–H groups in total. The molecule has 2 aromatic rings. The number of aryl methyl sites for hydroxylation is 1. The Balaban J connectivity index is 1.87. The first kappa shape index (κ1) is 19.3. The van der Waals surface area contributed by atoms with Crippen molar-refractivity contribution in [3.8, 4) is 0 Å². The van der Waals surface area contributed by atoms with E-state index in [1.165, 1.54) is 11.6 Å². The molecule has 4 nitrogen and oxygen atoms in total. The molecule has 0 bridgehead atoms. The van der Waals surface area contributed by atoms with Crippen molar-refractivity contribution in [2.75, 3.05) is 13.6 Å². The number of rotatable bonds is 6. The quantitative estimate of drug-likeness (QED) is 0.827. The molecular formula is C19H20Cl2N2O2. The zero-order chi connectivity index (χ0) is 18.4. The number of carbonyl (C=O) groups is 2. The molecule has 0 aliphatic heterocycles. The number of benzene rings is 2. The lowest BCUT2D eigenvalue weighted by Gasteiger charge is -2.18. The lowest BCUT2D eigenvalue weighted by molar-refractivity contribution is -0.129. The summed E-state index contributed by atoms with van der Waals surface area (Å²) in [5.74, 6) is -0.541. The van der Waals surface area contributed by atoms with Crippen LogP contribution in [0.15, 0.2) is 42.5 Å². The van der Waals surface area contributed by atoms with E-state index in [-0.39, 0.29) is 18.4 Å². The molecule has 0 aliphatic carbocycles. The predicted octanol–water partition coefficient (Wildman–Crippen LogP) is 3.94. The molecule has 0 atom stereocenters. The van der Waals surface area contributed by atoms with Crippen molar-refractivity contribution in [3.05, 3.63) is 69.2 Å². The van der Waals surface area contributed by atoms with Crippen molar-refractivity contribution >= 4 is 35.0 Å². The van der Waals surface area contributed by atoms with Gasteiger partial charge in [0.05, 0.1) is 16.6 Å².